The number of hydrogen-bond donors (Lipinski definition) is 1. The first-order chi connectivity index (χ1) is 9.58. The molecule has 0 aliphatic rings. The third kappa shape index (κ3) is 4.27. The Morgan fingerprint density at radius 2 is 1.75 bits per heavy atom. The lowest BCUT2D eigenvalue weighted by atomic mass is 10.1. The van der Waals surface area contributed by atoms with Crippen LogP contribution in [0.15, 0.2) is 41.3 Å². The van der Waals surface area contributed by atoms with Gasteiger partial charge in [-0.2, -0.15) is 0 Å². The molecular formula is C17H20ClNS. The van der Waals surface area contributed by atoms with Crippen molar-refractivity contribution in [3.63, 3.8) is 0 Å². The SMILES string of the molecule is Cc1cc(C)cc(CSc2cc(Cl)ccc2CCN)c1. The van der Waals surface area contributed by atoms with Crippen LogP contribution in [0.5, 0.6) is 0 Å². The van der Waals surface area contributed by atoms with E-state index in [2.05, 4.69) is 38.1 Å². The predicted molar refractivity (Wildman–Crippen MR) is 89.7 cm³/mol. The van der Waals surface area contributed by atoms with Gasteiger partial charge >= 0.3 is 0 Å². The van der Waals surface area contributed by atoms with Gasteiger partial charge in [-0.15, -0.1) is 11.8 Å². The zero-order valence-electron chi connectivity index (χ0n) is 11.9. The molecule has 0 saturated heterocycles. The average molecular weight is 306 g/mol. The Morgan fingerprint density at radius 3 is 2.40 bits per heavy atom. The number of thioether (sulfide) groups is 1. The molecular weight excluding hydrogens is 286 g/mol. The zero-order valence-corrected chi connectivity index (χ0v) is 13.5. The molecule has 0 amide bonds. The minimum atomic E-state index is 0.665. The molecule has 3 heteroatoms. The highest BCUT2D eigenvalue weighted by Crippen LogP contribution is 2.29. The first kappa shape index (κ1) is 15.4. The van der Waals surface area contributed by atoms with Crippen molar-refractivity contribution >= 4 is 23.4 Å². The summed E-state index contributed by atoms with van der Waals surface area (Å²) < 4.78 is 0. The molecule has 2 rings (SSSR count). The van der Waals surface area contributed by atoms with Gasteiger partial charge in [-0.25, -0.2) is 0 Å². The number of rotatable bonds is 5. The number of halogens is 1. The van der Waals surface area contributed by atoms with Gasteiger partial charge in [0.2, 0.25) is 0 Å². The topological polar surface area (TPSA) is 26.0 Å². The van der Waals surface area contributed by atoms with E-state index in [-0.39, 0.29) is 0 Å². The van der Waals surface area contributed by atoms with E-state index in [0.717, 1.165) is 17.2 Å². The summed E-state index contributed by atoms with van der Waals surface area (Å²) in [4.78, 5) is 1.24. The van der Waals surface area contributed by atoms with Crippen LogP contribution in [-0.2, 0) is 12.2 Å². The maximum atomic E-state index is 6.10. The number of nitrogens with two attached hydrogens (primary N) is 1. The molecule has 0 aromatic heterocycles. The Balaban J connectivity index is 2.15. The van der Waals surface area contributed by atoms with Crippen molar-refractivity contribution in [2.24, 2.45) is 5.73 Å². The van der Waals surface area contributed by atoms with Crippen molar-refractivity contribution < 1.29 is 0 Å². The predicted octanol–water partition coefficient (Wildman–Crippen LogP) is 4.75. The van der Waals surface area contributed by atoms with Crippen LogP contribution in [0.25, 0.3) is 0 Å². The summed E-state index contributed by atoms with van der Waals surface area (Å²) in [6, 6.07) is 12.8. The van der Waals surface area contributed by atoms with Crippen LogP contribution in [0, 0.1) is 13.8 Å². The molecule has 0 aliphatic carbocycles. The van der Waals surface area contributed by atoms with Gasteiger partial charge < -0.3 is 5.73 Å². The van der Waals surface area contributed by atoms with E-state index in [1.165, 1.54) is 27.1 Å². The number of benzene rings is 2. The zero-order chi connectivity index (χ0) is 14.5. The van der Waals surface area contributed by atoms with Crippen molar-refractivity contribution in [1.82, 2.24) is 0 Å². The Labute approximate surface area is 130 Å². The highest BCUT2D eigenvalue weighted by atomic mass is 35.5. The summed E-state index contributed by atoms with van der Waals surface area (Å²) >= 11 is 7.94. The molecule has 0 radical (unpaired) electrons. The molecule has 0 saturated carbocycles. The quantitative estimate of drug-likeness (QED) is 0.807. The third-order valence-corrected chi connectivity index (χ3v) is 4.52. The molecule has 0 unspecified atom stereocenters. The first-order valence-corrected chi connectivity index (χ1v) is 8.13. The second-order valence-electron chi connectivity index (χ2n) is 5.08. The summed E-state index contributed by atoms with van der Waals surface area (Å²) in [7, 11) is 0. The van der Waals surface area contributed by atoms with E-state index in [0.29, 0.717) is 6.54 Å². The largest absolute Gasteiger partial charge is 0.330 e. The lowest BCUT2D eigenvalue weighted by Crippen LogP contribution is -2.03. The van der Waals surface area contributed by atoms with E-state index >= 15 is 0 Å². The maximum Gasteiger partial charge on any atom is 0.0417 e. The second-order valence-corrected chi connectivity index (χ2v) is 6.53. The van der Waals surface area contributed by atoms with Crippen LogP contribution in [-0.4, -0.2) is 6.54 Å². The normalized spacial score (nSPS) is 10.8. The summed E-state index contributed by atoms with van der Waals surface area (Å²) in [5.41, 5.74) is 10.9. The number of aryl methyl sites for hydroxylation is 2. The maximum absolute atomic E-state index is 6.10. The molecule has 0 heterocycles. The van der Waals surface area contributed by atoms with E-state index in [1.54, 1.807) is 0 Å². The lowest BCUT2D eigenvalue weighted by molar-refractivity contribution is 0.944. The summed E-state index contributed by atoms with van der Waals surface area (Å²) in [5, 5.41) is 0.786. The van der Waals surface area contributed by atoms with Crippen LogP contribution < -0.4 is 5.73 Å². The smallest absolute Gasteiger partial charge is 0.0417 e. The van der Waals surface area contributed by atoms with Gasteiger partial charge in [0, 0.05) is 15.7 Å². The Hall–Kier alpha value is -0.960. The van der Waals surface area contributed by atoms with Gasteiger partial charge in [0.05, 0.1) is 0 Å². The molecule has 20 heavy (non-hydrogen) atoms. The van der Waals surface area contributed by atoms with Crippen LogP contribution in [0.4, 0.5) is 0 Å². The fourth-order valence-corrected chi connectivity index (χ4v) is 3.63. The molecule has 0 bridgehead atoms. The van der Waals surface area contributed by atoms with Gasteiger partial charge in [-0.1, -0.05) is 47.0 Å². The summed E-state index contributed by atoms with van der Waals surface area (Å²) in [6.45, 7) is 4.94. The Morgan fingerprint density at radius 1 is 1.05 bits per heavy atom. The van der Waals surface area contributed by atoms with E-state index < -0.39 is 0 Å². The molecule has 2 aromatic rings. The third-order valence-electron chi connectivity index (χ3n) is 3.12. The van der Waals surface area contributed by atoms with E-state index in [4.69, 9.17) is 17.3 Å². The van der Waals surface area contributed by atoms with Gasteiger partial charge in [0.1, 0.15) is 0 Å². The van der Waals surface area contributed by atoms with Crippen LogP contribution in [0.1, 0.15) is 22.3 Å². The van der Waals surface area contributed by atoms with Gasteiger partial charge in [0.15, 0.2) is 0 Å². The van der Waals surface area contributed by atoms with Crippen molar-refractivity contribution in [2.45, 2.75) is 30.9 Å². The average Bonchev–Trinajstić information content (AvgIpc) is 2.38. The van der Waals surface area contributed by atoms with E-state index in [1.807, 2.05) is 23.9 Å². The van der Waals surface area contributed by atoms with Gasteiger partial charge in [-0.05, 0) is 50.1 Å². The first-order valence-electron chi connectivity index (χ1n) is 6.77. The van der Waals surface area contributed by atoms with Gasteiger partial charge in [-0.3, -0.25) is 0 Å². The van der Waals surface area contributed by atoms with Crippen LogP contribution in [0.2, 0.25) is 5.02 Å². The molecule has 106 valence electrons. The minimum absolute atomic E-state index is 0.665. The summed E-state index contributed by atoms with van der Waals surface area (Å²) in [6.07, 6.45) is 0.895. The van der Waals surface area contributed by atoms with Crippen molar-refractivity contribution in [3.05, 3.63) is 63.7 Å². The second kappa shape index (κ2) is 7.16. The fourth-order valence-electron chi connectivity index (χ4n) is 2.34. The van der Waals surface area contributed by atoms with Gasteiger partial charge in [0.25, 0.3) is 0 Å². The highest BCUT2D eigenvalue weighted by Gasteiger charge is 2.05. The molecule has 2 N–H and O–H groups in total. The fraction of sp³-hybridized carbons (Fsp3) is 0.294. The van der Waals surface area contributed by atoms with Crippen LogP contribution >= 0.6 is 23.4 Å². The van der Waals surface area contributed by atoms with Crippen molar-refractivity contribution in [1.29, 1.82) is 0 Å². The number of hydrogen-bond acceptors (Lipinski definition) is 2. The molecule has 2 aromatic carbocycles. The Kier molecular flexibility index (Phi) is 5.53. The highest BCUT2D eigenvalue weighted by molar-refractivity contribution is 7.98. The Bertz CT molecular complexity index is 575. The van der Waals surface area contributed by atoms with Crippen molar-refractivity contribution in [2.75, 3.05) is 6.54 Å². The minimum Gasteiger partial charge on any atom is -0.330 e. The molecule has 0 fully saturated rings. The monoisotopic (exact) mass is 305 g/mol. The lowest BCUT2D eigenvalue weighted by Gasteiger charge is -2.10. The van der Waals surface area contributed by atoms with Crippen LogP contribution in [0.3, 0.4) is 0 Å². The van der Waals surface area contributed by atoms with Crippen molar-refractivity contribution in [3.8, 4) is 0 Å². The molecule has 0 atom stereocenters. The molecule has 1 nitrogen and oxygen atoms in total. The molecule has 0 spiro atoms. The van der Waals surface area contributed by atoms with E-state index in [9.17, 15) is 0 Å². The molecule has 0 aliphatic heterocycles. The summed E-state index contributed by atoms with van der Waals surface area (Å²) in [5.74, 6) is 0.959. The standard InChI is InChI=1S/C17H20ClNS/c1-12-7-13(2)9-14(8-12)11-20-17-10-16(18)4-3-15(17)5-6-19/h3-4,7-10H,5-6,11,19H2,1-2H3.